The van der Waals surface area contributed by atoms with E-state index in [0.29, 0.717) is 0 Å². The third-order valence-electron chi connectivity index (χ3n) is 2.80. The maximum absolute atomic E-state index is 12.9. The monoisotopic (exact) mass is 327 g/mol. The van der Waals surface area contributed by atoms with E-state index >= 15 is 0 Å². The predicted octanol–water partition coefficient (Wildman–Crippen LogP) is 4.29. The Kier molecular flexibility index (Phi) is 4.92. The maximum atomic E-state index is 12.9. The van der Waals surface area contributed by atoms with E-state index in [2.05, 4.69) is 32.7 Å². The molecule has 0 spiro atoms. The zero-order valence-electron chi connectivity index (χ0n) is 10.2. The van der Waals surface area contributed by atoms with Gasteiger partial charge in [0.25, 0.3) is 0 Å². The number of halogens is 2. The Morgan fingerprint density at radius 3 is 2.83 bits per heavy atom. The lowest BCUT2D eigenvalue weighted by molar-refractivity contribution is 0.624. The molecule has 18 heavy (non-hydrogen) atoms. The molecule has 1 aromatic heterocycles. The van der Waals surface area contributed by atoms with Crippen LogP contribution in [0.3, 0.4) is 0 Å². The minimum absolute atomic E-state index is 0.160. The fraction of sp³-hybridized carbons (Fsp3) is 0.286. The van der Waals surface area contributed by atoms with Gasteiger partial charge in [-0.15, -0.1) is 11.3 Å². The number of hydrogen-bond donors (Lipinski definition) is 1. The summed E-state index contributed by atoms with van der Waals surface area (Å²) >= 11 is 5.18. The van der Waals surface area contributed by atoms with Crippen LogP contribution in [0.5, 0.6) is 0 Å². The first-order valence-corrected chi connectivity index (χ1v) is 7.51. The Morgan fingerprint density at radius 2 is 2.17 bits per heavy atom. The van der Waals surface area contributed by atoms with Crippen molar-refractivity contribution in [2.45, 2.75) is 19.9 Å². The van der Waals surface area contributed by atoms with Crippen LogP contribution in [0, 0.1) is 12.7 Å². The Labute approximate surface area is 119 Å². The lowest BCUT2D eigenvalue weighted by atomic mass is 10.1. The molecule has 1 aromatic carbocycles. The molecular weight excluding hydrogens is 313 g/mol. The highest BCUT2D eigenvalue weighted by Gasteiger charge is 2.01. The van der Waals surface area contributed by atoms with Crippen LogP contribution in [0.25, 0.3) is 0 Å². The third kappa shape index (κ3) is 3.90. The van der Waals surface area contributed by atoms with Gasteiger partial charge in [-0.05, 0) is 65.1 Å². The highest BCUT2D eigenvalue weighted by molar-refractivity contribution is 9.10. The number of benzene rings is 1. The van der Waals surface area contributed by atoms with Gasteiger partial charge < -0.3 is 5.32 Å². The number of rotatable bonds is 5. The fourth-order valence-corrected chi connectivity index (χ4v) is 3.24. The summed E-state index contributed by atoms with van der Waals surface area (Å²) in [6, 6.07) is 7.11. The SMILES string of the molecule is Cc1cc(F)ccc1CCNCc1cc(Br)cs1. The van der Waals surface area contributed by atoms with Crippen molar-refractivity contribution in [1.82, 2.24) is 5.32 Å². The Morgan fingerprint density at radius 1 is 1.33 bits per heavy atom. The van der Waals surface area contributed by atoms with Gasteiger partial charge in [0, 0.05) is 21.3 Å². The van der Waals surface area contributed by atoms with Gasteiger partial charge in [-0.3, -0.25) is 0 Å². The van der Waals surface area contributed by atoms with Gasteiger partial charge in [0.1, 0.15) is 5.82 Å². The predicted molar refractivity (Wildman–Crippen MR) is 78.6 cm³/mol. The molecule has 0 atom stereocenters. The van der Waals surface area contributed by atoms with E-state index in [9.17, 15) is 4.39 Å². The molecule has 0 radical (unpaired) electrons. The van der Waals surface area contributed by atoms with Crippen molar-refractivity contribution in [1.29, 1.82) is 0 Å². The molecule has 0 bridgehead atoms. The lowest BCUT2D eigenvalue weighted by Crippen LogP contribution is -2.16. The highest BCUT2D eigenvalue weighted by atomic mass is 79.9. The number of thiophene rings is 1. The van der Waals surface area contributed by atoms with Gasteiger partial charge in [-0.25, -0.2) is 4.39 Å². The number of hydrogen-bond acceptors (Lipinski definition) is 2. The van der Waals surface area contributed by atoms with E-state index in [1.54, 1.807) is 17.4 Å². The Balaban J connectivity index is 1.78. The van der Waals surface area contributed by atoms with Gasteiger partial charge in [0.2, 0.25) is 0 Å². The second-order valence-corrected chi connectivity index (χ2v) is 6.14. The molecule has 4 heteroatoms. The first-order valence-electron chi connectivity index (χ1n) is 5.84. The van der Waals surface area contributed by atoms with E-state index < -0.39 is 0 Å². The van der Waals surface area contributed by atoms with Crippen LogP contribution in [-0.4, -0.2) is 6.54 Å². The van der Waals surface area contributed by atoms with Crippen molar-refractivity contribution >= 4 is 27.3 Å². The molecular formula is C14H15BrFNS. The largest absolute Gasteiger partial charge is 0.312 e. The smallest absolute Gasteiger partial charge is 0.123 e. The average Bonchev–Trinajstić information content (AvgIpc) is 2.73. The molecule has 0 aliphatic carbocycles. The molecule has 2 aromatic rings. The minimum atomic E-state index is -0.160. The third-order valence-corrected chi connectivity index (χ3v) is 4.49. The lowest BCUT2D eigenvalue weighted by Gasteiger charge is -2.06. The molecule has 2 rings (SSSR count). The molecule has 0 saturated carbocycles. The number of nitrogens with one attached hydrogen (secondary N) is 1. The van der Waals surface area contributed by atoms with Crippen LogP contribution in [0.15, 0.2) is 34.1 Å². The Bertz CT molecular complexity index is 524. The molecule has 0 fully saturated rings. The maximum Gasteiger partial charge on any atom is 0.123 e. The molecule has 1 heterocycles. The summed E-state index contributed by atoms with van der Waals surface area (Å²) in [5, 5.41) is 5.49. The van der Waals surface area contributed by atoms with E-state index in [0.717, 1.165) is 29.5 Å². The van der Waals surface area contributed by atoms with Crippen molar-refractivity contribution in [3.63, 3.8) is 0 Å². The van der Waals surface area contributed by atoms with Gasteiger partial charge >= 0.3 is 0 Å². The highest BCUT2D eigenvalue weighted by Crippen LogP contribution is 2.19. The van der Waals surface area contributed by atoms with Crippen molar-refractivity contribution in [3.8, 4) is 0 Å². The molecule has 1 nitrogen and oxygen atoms in total. The van der Waals surface area contributed by atoms with E-state index in [1.807, 2.05) is 13.0 Å². The normalized spacial score (nSPS) is 10.8. The summed E-state index contributed by atoms with van der Waals surface area (Å²) in [6.07, 6.45) is 0.929. The zero-order chi connectivity index (χ0) is 13.0. The van der Waals surface area contributed by atoms with Gasteiger partial charge in [0.15, 0.2) is 0 Å². The summed E-state index contributed by atoms with van der Waals surface area (Å²) in [5.41, 5.74) is 2.23. The van der Waals surface area contributed by atoms with Crippen LogP contribution < -0.4 is 5.32 Å². The van der Waals surface area contributed by atoms with Gasteiger partial charge in [-0.1, -0.05) is 6.07 Å². The standard InChI is InChI=1S/C14H15BrFNS/c1-10-6-13(16)3-2-11(10)4-5-17-8-14-7-12(15)9-18-14/h2-3,6-7,9,17H,4-5,8H2,1H3. The van der Waals surface area contributed by atoms with Crippen molar-refractivity contribution in [2.75, 3.05) is 6.54 Å². The Hall–Kier alpha value is -0.710. The second-order valence-electron chi connectivity index (χ2n) is 4.23. The molecule has 1 N–H and O–H groups in total. The second kappa shape index (κ2) is 6.45. The summed E-state index contributed by atoms with van der Waals surface area (Å²) in [5.74, 6) is -0.160. The first kappa shape index (κ1) is 13.7. The van der Waals surface area contributed by atoms with Crippen LogP contribution in [0.2, 0.25) is 0 Å². The minimum Gasteiger partial charge on any atom is -0.312 e. The summed E-state index contributed by atoms with van der Waals surface area (Å²) in [4.78, 5) is 1.32. The molecule has 0 aliphatic heterocycles. The van der Waals surface area contributed by atoms with Crippen LogP contribution in [0.1, 0.15) is 16.0 Å². The number of aryl methyl sites for hydroxylation is 1. The molecule has 96 valence electrons. The summed E-state index contributed by atoms with van der Waals surface area (Å²) in [7, 11) is 0. The molecule has 0 aliphatic rings. The van der Waals surface area contributed by atoms with Gasteiger partial charge in [-0.2, -0.15) is 0 Å². The van der Waals surface area contributed by atoms with E-state index in [1.165, 1.54) is 16.5 Å². The van der Waals surface area contributed by atoms with Crippen LogP contribution in [0.4, 0.5) is 4.39 Å². The first-order chi connectivity index (χ1) is 8.65. The molecule has 0 unspecified atom stereocenters. The molecule has 0 amide bonds. The van der Waals surface area contributed by atoms with E-state index in [-0.39, 0.29) is 5.82 Å². The van der Waals surface area contributed by atoms with E-state index in [4.69, 9.17) is 0 Å². The topological polar surface area (TPSA) is 12.0 Å². The summed E-state index contributed by atoms with van der Waals surface area (Å²) < 4.78 is 14.1. The van der Waals surface area contributed by atoms with Gasteiger partial charge in [0.05, 0.1) is 0 Å². The van der Waals surface area contributed by atoms with Crippen molar-refractivity contribution < 1.29 is 4.39 Å². The van der Waals surface area contributed by atoms with Crippen molar-refractivity contribution in [2.24, 2.45) is 0 Å². The fourth-order valence-electron chi connectivity index (χ4n) is 1.82. The average molecular weight is 328 g/mol. The zero-order valence-corrected chi connectivity index (χ0v) is 12.6. The molecule has 0 saturated heterocycles. The summed E-state index contributed by atoms with van der Waals surface area (Å²) in [6.45, 7) is 3.74. The van der Waals surface area contributed by atoms with Crippen LogP contribution in [-0.2, 0) is 13.0 Å². The quantitative estimate of drug-likeness (QED) is 0.808. The van der Waals surface area contributed by atoms with Crippen molar-refractivity contribution in [3.05, 3.63) is 55.9 Å². The van der Waals surface area contributed by atoms with Crippen LogP contribution >= 0.6 is 27.3 Å².